The molecule has 2 aromatic heterocycles. The van der Waals surface area contributed by atoms with E-state index in [1.165, 1.54) is 34.0 Å². The standard InChI is InChI=1S/C22H20F3N3O3S/c1-13-3-5-15-9-14(4-7-17(13)15)11-28-12-16(6-8-20(28)29)18-10-19(22(23,24)25)27-21(26-18)32(2,30)31/h4,6-10,12-13H,3,5,11H2,1-2H3/t13-/m0/s1. The number of aromatic nitrogens is 3. The minimum absolute atomic E-state index is 0.178. The van der Waals surface area contributed by atoms with Gasteiger partial charge in [0.25, 0.3) is 5.56 Å². The lowest BCUT2D eigenvalue weighted by Crippen LogP contribution is -2.19. The third-order valence-electron chi connectivity index (χ3n) is 5.54. The smallest absolute Gasteiger partial charge is 0.310 e. The van der Waals surface area contributed by atoms with Crippen LogP contribution in [0.5, 0.6) is 0 Å². The van der Waals surface area contributed by atoms with Crippen LogP contribution in [0.25, 0.3) is 11.3 Å². The molecule has 0 bridgehead atoms. The summed E-state index contributed by atoms with van der Waals surface area (Å²) >= 11 is 0. The molecule has 0 aliphatic heterocycles. The number of hydrogen-bond acceptors (Lipinski definition) is 5. The van der Waals surface area contributed by atoms with E-state index in [4.69, 9.17) is 0 Å². The Labute approximate surface area is 182 Å². The van der Waals surface area contributed by atoms with Crippen LogP contribution in [-0.2, 0) is 29.0 Å². The van der Waals surface area contributed by atoms with E-state index in [9.17, 15) is 26.4 Å². The Bertz CT molecular complexity index is 1360. The van der Waals surface area contributed by atoms with E-state index in [-0.39, 0.29) is 23.4 Å². The molecule has 32 heavy (non-hydrogen) atoms. The van der Waals surface area contributed by atoms with E-state index in [0.29, 0.717) is 12.0 Å². The molecule has 0 amide bonds. The van der Waals surface area contributed by atoms with E-state index < -0.39 is 26.9 Å². The molecule has 168 valence electrons. The zero-order valence-corrected chi connectivity index (χ0v) is 18.2. The van der Waals surface area contributed by atoms with Gasteiger partial charge in [0.1, 0.15) is 5.69 Å². The van der Waals surface area contributed by atoms with E-state index in [0.717, 1.165) is 24.7 Å². The van der Waals surface area contributed by atoms with Gasteiger partial charge in [-0.15, -0.1) is 0 Å². The van der Waals surface area contributed by atoms with Crippen LogP contribution in [0.1, 0.15) is 41.6 Å². The first-order valence-corrected chi connectivity index (χ1v) is 11.8. The van der Waals surface area contributed by atoms with Crippen molar-refractivity contribution in [1.82, 2.24) is 14.5 Å². The Kier molecular flexibility index (Phi) is 5.44. The van der Waals surface area contributed by atoms with Gasteiger partial charge in [0.2, 0.25) is 15.0 Å². The minimum Gasteiger partial charge on any atom is -0.310 e. The van der Waals surface area contributed by atoms with Gasteiger partial charge in [-0.3, -0.25) is 4.79 Å². The summed E-state index contributed by atoms with van der Waals surface area (Å²) < 4.78 is 64.9. The fourth-order valence-corrected chi connectivity index (χ4v) is 4.40. The predicted molar refractivity (Wildman–Crippen MR) is 112 cm³/mol. The molecule has 1 atom stereocenters. The van der Waals surface area contributed by atoms with E-state index in [2.05, 4.69) is 23.0 Å². The normalized spacial score (nSPS) is 16.2. The van der Waals surface area contributed by atoms with Crippen LogP contribution in [0.4, 0.5) is 13.2 Å². The Morgan fingerprint density at radius 3 is 2.56 bits per heavy atom. The van der Waals surface area contributed by atoms with Crippen molar-refractivity contribution >= 4 is 9.84 Å². The molecule has 0 saturated carbocycles. The molecule has 0 unspecified atom stereocenters. The van der Waals surface area contributed by atoms with Gasteiger partial charge in [0.15, 0.2) is 0 Å². The molecule has 4 rings (SSSR count). The van der Waals surface area contributed by atoms with Crippen molar-refractivity contribution in [2.24, 2.45) is 0 Å². The third kappa shape index (κ3) is 4.45. The largest absolute Gasteiger partial charge is 0.433 e. The highest BCUT2D eigenvalue weighted by molar-refractivity contribution is 7.90. The number of alkyl halides is 3. The molecule has 6 nitrogen and oxygen atoms in total. The van der Waals surface area contributed by atoms with Gasteiger partial charge in [0, 0.05) is 24.1 Å². The number of pyridine rings is 1. The van der Waals surface area contributed by atoms with Crippen molar-refractivity contribution in [3.8, 4) is 11.3 Å². The lowest BCUT2D eigenvalue weighted by Gasteiger charge is -2.12. The molecule has 10 heteroatoms. The van der Waals surface area contributed by atoms with Crippen LogP contribution >= 0.6 is 0 Å². The molecule has 3 aromatic rings. The highest BCUT2D eigenvalue weighted by Crippen LogP contribution is 2.33. The summed E-state index contributed by atoms with van der Waals surface area (Å²) in [5.74, 6) is 0.495. The minimum atomic E-state index is -4.85. The van der Waals surface area contributed by atoms with Crippen molar-refractivity contribution in [2.75, 3.05) is 6.26 Å². The first-order valence-electron chi connectivity index (χ1n) is 9.91. The average Bonchev–Trinajstić information content (AvgIpc) is 3.08. The Balaban J connectivity index is 1.75. The summed E-state index contributed by atoms with van der Waals surface area (Å²) in [5.41, 5.74) is 1.67. The summed E-state index contributed by atoms with van der Waals surface area (Å²) in [7, 11) is -4.08. The van der Waals surface area contributed by atoms with Crippen LogP contribution < -0.4 is 5.56 Å². The summed E-state index contributed by atoms with van der Waals surface area (Å²) in [5, 5.41) is -0.923. The molecule has 1 aromatic carbocycles. The van der Waals surface area contributed by atoms with Gasteiger partial charge in [-0.1, -0.05) is 25.1 Å². The molecule has 0 radical (unpaired) electrons. The van der Waals surface area contributed by atoms with Gasteiger partial charge < -0.3 is 4.57 Å². The van der Waals surface area contributed by atoms with Crippen molar-refractivity contribution in [2.45, 2.75) is 43.6 Å². The molecule has 0 fully saturated rings. The number of fused-ring (bicyclic) bond motifs is 1. The quantitative estimate of drug-likeness (QED) is 0.550. The fourth-order valence-electron chi connectivity index (χ4n) is 3.87. The second-order valence-corrected chi connectivity index (χ2v) is 9.96. The average molecular weight is 463 g/mol. The molecule has 1 aliphatic carbocycles. The summed E-state index contributed by atoms with van der Waals surface area (Å²) in [4.78, 5) is 19.4. The van der Waals surface area contributed by atoms with Gasteiger partial charge in [0.05, 0.1) is 12.2 Å². The maximum atomic E-state index is 13.3. The van der Waals surface area contributed by atoms with E-state index >= 15 is 0 Å². The molecule has 1 aliphatic rings. The number of aryl methyl sites for hydroxylation is 1. The lowest BCUT2D eigenvalue weighted by atomic mass is 10.0. The number of sulfone groups is 1. The summed E-state index contributed by atoms with van der Waals surface area (Å²) in [6.07, 6.45) is -0.692. The van der Waals surface area contributed by atoms with Gasteiger partial charge in [-0.25, -0.2) is 18.4 Å². The first kappa shape index (κ1) is 22.2. The van der Waals surface area contributed by atoms with Crippen LogP contribution in [0.15, 0.2) is 52.5 Å². The monoisotopic (exact) mass is 463 g/mol. The Morgan fingerprint density at radius 2 is 1.88 bits per heavy atom. The number of nitrogens with zero attached hydrogens (tertiary/aromatic N) is 3. The van der Waals surface area contributed by atoms with E-state index in [1.807, 2.05) is 12.1 Å². The Morgan fingerprint density at radius 1 is 1.12 bits per heavy atom. The second kappa shape index (κ2) is 7.84. The van der Waals surface area contributed by atoms with Crippen LogP contribution in [0.3, 0.4) is 0 Å². The van der Waals surface area contributed by atoms with Gasteiger partial charge in [-0.05, 0) is 47.6 Å². The fraction of sp³-hybridized carbons (Fsp3) is 0.318. The number of hydrogen-bond donors (Lipinski definition) is 0. The zero-order valence-electron chi connectivity index (χ0n) is 17.3. The number of benzene rings is 1. The predicted octanol–water partition coefficient (Wildman–Crippen LogP) is 3.83. The van der Waals surface area contributed by atoms with Crippen molar-refractivity contribution in [1.29, 1.82) is 0 Å². The lowest BCUT2D eigenvalue weighted by molar-refractivity contribution is -0.141. The van der Waals surface area contributed by atoms with E-state index in [1.54, 1.807) is 0 Å². The molecule has 0 saturated heterocycles. The van der Waals surface area contributed by atoms with Crippen LogP contribution in [0.2, 0.25) is 0 Å². The van der Waals surface area contributed by atoms with Crippen molar-refractivity contribution < 1.29 is 21.6 Å². The second-order valence-electron chi connectivity index (χ2n) is 8.05. The van der Waals surface area contributed by atoms with Crippen LogP contribution in [0, 0.1) is 0 Å². The Hall–Kier alpha value is -3.01. The van der Waals surface area contributed by atoms with Crippen molar-refractivity contribution in [3.63, 3.8) is 0 Å². The summed E-state index contributed by atoms with van der Waals surface area (Å²) in [6.45, 7) is 2.39. The maximum Gasteiger partial charge on any atom is 0.433 e. The summed E-state index contributed by atoms with van der Waals surface area (Å²) in [6, 6.07) is 9.25. The third-order valence-corrected chi connectivity index (χ3v) is 6.39. The number of halogens is 3. The molecule has 0 spiro atoms. The topological polar surface area (TPSA) is 81.9 Å². The highest BCUT2D eigenvalue weighted by atomic mass is 32.2. The zero-order chi connectivity index (χ0) is 23.3. The highest BCUT2D eigenvalue weighted by Gasteiger charge is 2.35. The molecular formula is C22H20F3N3O3S. The molecule has 2 heterocycles. The first-order chi connectivity index (χ1) is 14.9. The van der Waals surface area contributed by atoms with Gasteiger partial charge in [-0.2, -0.15) is 13.2 Å². The SMILES string of the molecule is C[C@H]1CCc2cc(Cn3cc(-c4cc(C(F)(F)F)nc(S(C)(=O)=O)n4)ccc3=O)ccc21. The number of rotatable bonds is 4. The van der Waals surface area contributed by atoms with Crippen LogP contribution in [-0.4, -0.2) is 29.2 Å². The molecular weight excluding hydrogens is 443 g/mol. The molecule has 0 N–H and O–H groups in total. The van der Waals surface area contributed by atoms with Crippen molar-refractivity contribution in [3.05, 3.63) is 75.3 Å². The van der Waals surface area contributed by atoms with Gasteiger partial charge >= 0.3 is 6.18 Å². The maximum absolute atomic E-state index is 13.3.